The first-order valence-corrected chi connectivity index (χ1v) is 5.17. The Morgan fingerprint density at radius 2 is 2.27 bits per heavy atom. The molecule has 0 aliphatic rings. The van der Waals surface area contributed by atoms with E-state index in [1.54, 1.807) is 25.3 Å². The number of halogens is 1. The number of alkyl halides is 1. The summed E-state index contributed by atoms with van der Waals surface area (Å²) in [5, 5.41) is 0. The number of carbonyl (C=O) groups excluding carboxylic acids is 1. The summed E-state index contributed by atoms with van der Waals surface area (Å²) in [5.74, 6) is 1.75. The minimum atomic E-state index is 0.498. The van der Waals surface area contributed by atoms with E-state index in [1.165, 1.54) is 0 Å². The Bertz CT molecular complexity index is 326. The van der Waals surface area contributed by atoms with E-state index in [-0.39, 0.29) is 0 Å². The summed E-state index contributed by atoms with van der Waals surface area (Å²) < 4.78 is 10.5. The van der Waals surface area contributed by atoms with Gasteiger partial charge in [0.1, 0.15) is 11.5 Å². The molecule has 0 amide bonds. The van der Waals surface area contributed by atoms with Crippen molar-refractivity contribution in [3.63, 3.8) is 0 Å². The van der Waals surface area contributed by atoms with Crippen molar-refractivity contribution in [1.82, 2.24) is 0 Å². The van der Waals surface area contributed by atoms with Crippen LogP contribution >= 0.6 is 11.6 Å². The summed E-state index contributed by atoms with van der Waals surface area (Å²) >= 11 is 5.53. The third kappa shape index (κ3) is 3.44. The van der Waals surface area contributed by atoms with Crippen LogP contribution in [-0.4, -0.2) is 25.9 Å². The van der Waals surface area contributed by atoms with Gasteiger partial charge in [-0.05, 0) is 18.6 Å². The quantitative estimate of drug-likeness (QED) is 0.426. The van der Waals surface area contributed by atoms with E-state index in [4.69, 9.17) is 21.1 Å². The highest BCUT2D eigenvalue weighted by Crippen LogP contribution is 2.23. The van der Waals surface area contributed by atoms with Gasteiger partial charge in [0.25, 0.3) is 0 Å². The third-order valence-electron chi connectivity index (χ3n) is 1.88. The van der Waals surface area contributed by atoms with Crippen LogP contribution < -0.4 is 9.47 Å². The van der Waals surface area contributed by atoms with Crippen molar-refractivity contribution in [3.05, 3.63) is 23.8 Å². The van der Waals surface area contributed by atoms with Gasteiger partial charge in [0.15, 0.2) is 6.29 Å². The molecule has 1 aromatic carbocycles. The van der Waals surface area contributed by atoms with Crippen LogP contribution in [0.1, 0.15) is 16.8 Å². The molecule has 3 nitrogen and oxygen atoms in total. The number of ether oxygens (including phenoxy) is 2. The Balaban J connectivity index is 2.76. The second kappa shape index (κ2) is 6.30. The van der Waals surface area contributed by atoms with Crippen molar-refractivity contribution >= 4 is 17.9 Å². The fourth-order valence-corrected chi connectivity index (χ4v) is 1.21. The molecule has 0 radical (unpaired) electrons. The van der Waals surface area contributed by atoms with Crippen molar-refractivity contribution in [1.29, 1.82) is 0 Å². The Morgan fingerprint density at radius 3 is 2.87 bits per heavy atom. The summed E-state index contributed by atoms with van der Waals surface area (Å²) in [6.45, 7) is 0.498. The molecule has 0 spiro atoms. The summed E-state index contributed by atoms with van der Waals surface area (Å²) in [7, 11) is 1.57. The highest BCUT2D eigenvalue weighted by Gasteiger charge is 2.04. The van der Waals surface area contributed by atoms with Gasteiger partial charge in [0.2, 0.25) is 0 Å². The highest BCUT2D eigenvalue weighted by atomic mass is 35.5. The monoisotopic (exact) mass is 228 g/mol. The fraction of sp³-hybridized carbons (Fsp3) is 0.364. The molecule has 0 saturated heterocycles. The number of hydrogen-bond donors (Lipinski definition) is 0. The maximum atomic E-state index is 10.7. The van der Waals surface area contributed by atoms with Gasteiger partial charge >= 0.3 is 0 Å². The predicted molar refractivity (Wildman–Crippen MR) is 59.2 cm³/mol. The molecule has 0 fully saturated rings. The van der Waals surface area contributed by atoms with Gasteiger partial charge in [-0.15, -0.1) is 11.6 Å². The van der Waals surface area contributed by atoms with Crippen LogP contribution in [0.4, 0.5) is 0 Å². The molecule has 1 rings (SSSR count). The number of rotatable bonds is 6. The van der Waals surface area contributed by atoms with Crippen LogP contribution in [0.25, 0.3) is 0 Å². The maximum Gasteiger partial charge on any atom is 0.153 e. The van der Waals surface area contributed by atoms with Crippen LogP contribution in [0.15, 0.2) is 18.2 Å². The zero-order valence-corrected chi connectivity index (χ0v) is 9.29. The molecule has 1 aromatic rings. The summed E-state index contributed by atoms with van der Waals surface area (Å²) in [5.41, 5.74) is 0.519. The Labute approximate surface area is 93.9 Å². The minimum absolute atomic E-state index is 0.498. The zero-order valence-electron chi connectivity index (χ0n) is 8.53. The Kier molecular flexibility index (Phi) is 4.98. The molecular weight excluding hydrogens is 216 g/mol. The molecule has 4 heteroatoms. The molecule has 0 aliphatic carbocycles. The second-order valence-corrected chi connectivity index (χ2v) is 3.29. The topological polar surface area (TPSA) is 35.5 Å². The van der Waals surface area contributed by atoms with Crippen LogP contribution in [0.3, 0.4) is 0 Å². The van der Waals surface area contributed by atoms with E-state index in [0.717, 1.165) is 12.7 Å². The molecule has 0 heterocycles. The summed E-state index contributed by atoms with van der Waals surface area (Å²) in [4.78, 5) is 10.7. The van der Waals surface area contributed by atoms with Crippen LogP contribution in [-0.2, 0) is 0 Å². The van der Waals surface area contributed by atoms with Gasteiger partial charge in [-0.25, -0.2) is 0 Å². The van der Waals surface area contributed by atoms with E-state index in [0.29, 0.717) is 29.5 Å². The van der Waals surface area contributed by atoms with E-state index in [1.807, 2.05) is 0 Å². The number of carbonyl (C=O) groups is 1. The van der Waals surface area contributed by atoms with Crippen molar-refractivity contribution in [2.45, 2.75) is 6.42 Å². The lowest BCUT2D eigenvalue weighted by molar-refractivity contribution is 0.111. The third-order valence-corrected chi connectivity index (χ3v) is 2.15. The van der Waals surface area contributed by atoms with E-state index in [2.05, 4.69) is 0 Å². The molecule has 0 saturated carbocycles. The van der Waals surface area contributed by atoms with Crippen molar-refractivity contribution in [2.75, 3.05) is 19.6 Å². The van der Waals surface area contributed by atoms with Crippen molar-refractivity contribution in [3.8, 4) is 11.5 Å². The van der Waals surface area contributed by atoms with Crippen LogP contribution in [0.5, 0.6) is 11.5 Å². The smallest absolute Gasteiger partial charge is 0.153 e. The van der Waals surface area contributed by atoms with E-state index in [9.17, 15) is 4.79 Å². The SMILES string of the molecule is COc1ccc(C=O)c(OCCCCl)c1. The lowest BCUT2D eigenvalue weighted by atomic mass is 10.2. The summed E-state index contributed by atoms with van der Waals surface area (Å²) in [6.07, 6.45) is 1.51. The average Bonchev–Trinajstić information content (AvgIpc) is 2.29. The normalized spacial score (nSPS) is 9.73. The van der Waals surface area contributed by atoms with E-state index < -0.39 is 0 Å². The number of hydrogen-bond acceptors (Lipinski definition) is 3. The molecule has 82 valence electrons. The number of benzene rings is 1. The first kappa shape index (κ1) is 11.9. The molecule has 0 aromatic heterocycles. The zero-order chi connectivity index (χ0) is 11.1. The molecule has 0 aliphatic heterocycles. The number of aldehydes is 1. The molecular formula is C11H13ClO3. The number of methoxy groups -OCH3 is 1. The first-order valence-electron chi connectivity index (χ1n) is 4.63. The van der Waals surface area contributed by atoms with Gasteiger partial charge in [0.05, 0.1) is 19.3 Å². The van der Waals surface area contributed by atoms with Crippen LogP contribution in [0.2, 0.25) is 0 Å². The Hall–Kier alpha value is -1.22. The minimum Gasteiger partial charge on any atom is -0.497 e. The standard InChI is InChI=1S/C11H13ClO3/c1-14-10-4-3-9(8-13)11(7-10)15-6-2-5-12/h3-4,7-8H,2,5-6H2,1H3. The van der Waals surface area contributed by atoms with Gasteiger partial charge in [-0.2, -0.15) is 0 Å². The fourth-order valence-electron chi connectivity index (χ4n) is 1.10. The van der Waals surface area contributed by atoms with Crippen LogP contribution in [0, 0.1) is 0 Å². The molecule has 0 atom stereocenters. The lowest BCUT2D eigenvalue weighted by Gasteiger charge is -2.09. The molecule has 0 unspecified atom stereocenters. The predicted octanol–water partition coefficient (Wildman–Crippen LogP) is 2.52. The van der Waals surface area contributed by atoms with Gasteiger partial charge in [0, 0.05) is 11.9 Å². The molecule has 0 N–H and O–H groups in total. The van der Waals surface area contributed by atoms with Gasteiger partial charge in [-0.1, -0.05) is 0 Å². The molecule has 0 bridgehead atoms. The first-order chi connectivity index (χ1) is 7.31. The van der Waals surface area contributed by atoms with Crippen molar-refractivity contribution in [2.24, 2.45) is 0 Å². The highest BCUT2D eigenvalue weighted by molar-refractivity contribution is 6.17. The van der Waals surface area contributed by atoms with E-state index >= 15 is 0 Å². The van der Waals surface area contributed by atoms with Gasteiger partial charge < -0.3 is 9.47 Å². The maximum absolute atomic E-state index is 10.7. The second-order valence-electron chi connectivity index (χ2n) is 2.91. The van der Waals surface area contributed by atoms with Gasteiger partial charge in [-0.3, -0.25) is 4.79 Å². The average molecular weight is 229 g/mol. The largest absolute Gasteiger partial charge is 0.497 e. The molecule has 15 heavy (non-hydrogen) atoms. The Morgan fingerprint density at radius 1 is 1.47 bits per heavy atom. The lowest BCUT2D eigenvalue weighted by Crippen LogP contribution is -2.00. The van der Waals surface area contributed by atoms with Crippen molar-refractivity contribution < 1.29 is 14.3 Å². The summed E-state index contributed by atoms with van der Waals surface area (Å²) in [6, 6.07) is 5.08.